The van der Waals surface area contributed by atoms with Crippen LogP contribution in [-0.2, 0) is 4.79 Å². The third-order valence-electron chi connectivity index (χ3n) is 2.82. The van der Waals surface area contributed by atoms with Gasteiger partial charge in [0.25, 0.3) is 0 Å². The maximum Gasteiger partial charge on any atom is 0.228 e. The molecule has 0 aromatic carbocycles. The van der Waals surface area contributed by atoms with E-state index >= 15 is 0 Å². The lowest BCUT2D eigenvalue weighted by molar-refractivity contribution is -0.143. The van der Waals surface area contributed by atoms with Crippen molar-refractivity contribution in [1.29, 1.82) is 0 Å². The monoisotopic (exact) mass is 198 g/mol. The summed E-state index contributed by atoms with van der Waals surface area (Å²) in [5.74, 6) is 0.247. The first-order valence-corrected chi connectivity index (χ1v) is 5.39. The Morgan fingerprint density at radius 2 is 2.00 bits per heavy atom. The van der Waals surface area contributed by atoms with Crippen LogP contribution >= 0.6 is 0 Å². The van der Waals surface area contributed by atoms with Crippen LogP contribution in [0.4, 0.5) is 0 Å². The molecule has 0 bridgehead atoms. The molecule has 1 aliphatic rings. The van der Waals surface area contributed by atoms with Crippen LogP contribution in [0.5, 0.6) is 0 Å². The van der Waals surface area contributed by atoms with E-state index in [4.69, 9.17) is 5.73 Å². The second-order valence-electron chi connectivity index (χ2n) is 5.38. The SMILES string of the molecule is CC1CC(N)CCN1C(=O)C(C)(C)C. The number of amides is 1. The van der Waals surface area contributed by atoms with E-state index in [0.29, 0.717) is 6.04 Å². The van der Waals surface area contributed by atoms with Gasteiger partial charge in [0.15, 0.2) is 0 Å². The van der Waals surface area contributed by atoms with E-state index in [9.17, 15) is 4.79 Å². The first-order valence-electron chi connectivity index (χ1n) is 5.39. The molecule has 2 atom stereocenters. The summed E-state index contributed by atoms with van der Waals surface area (Å²) >= 11 is 0. The first kappa shape index (κ1) is 11.5. The van der Waals surface area contributed by atoms with Crippen LogP contribution in [0.3, 0.4) is 0 Å². The van der Waals surface area contributed by atoms with Gasteiger partial charge in [-0.25, -0.2) is 0 Å². The molecule has 82 valence electrons. The van der Waals surface area contributed by atoms with E-state index in [2.05, 4.69) is 6.92 Å². The third-order valence-corrected chi connectivity index (χ3v) is 2.82. The second-order valence-corrected chi connectivity index (χ2v) is 5.38. The Balaban J connectivity index is 2.65. The van der Waals surface area contributed by atoms with Crippen LogP contribution < -0.4 is 5.73 Å². The quantitative estimate of drug-likeness (QED) is 0.639. The molecule has 3 heteroatoms. The Hall–Kier alpha value is -0.570. The highest BCUT2D eigenvalue weighted by Crippen LogP contribution is 2.23. The fraction of sp³-hybridized carbons (Fsp3) is 0.909. The Morgan fingerprint density at radius 1 is 1.43 bits per heavy atom. The van der Waals surface area contributed by atoms with E-state index in [0.717, 1.165) is 19.4 Å². The summed E-state index contributed by atoms with van der Waals surface area (Å²) in [4.78, 5) is 14.0. The summed E-state index contributed by atoms with van der Waals surface area (Å²) in [6.45, 7) is 8.81. The number of nitrogens with two attached hydrogens (primary N) is 1. The maximum atomic E-state index is 12.0. The molecule has 2 N–H and O–H groups in total. The molecule has 0 aliphatic carbocycles. The molecule has 3 nitrogen and oxygen atoms in total. The zero-order valence-corrected chi connectivity index (χ0v) is 9.71. The molecular weight excluding hydrogens is 176 g/mol. The molecule has 14 heavy (non-hydrogen) atoms. The number of nitrogens with zero attached hydrogens (tertiary/aromatic N) is 1. The summed E-state index contributed by atoms with van der Waals surface area (Å²) in [7, 11) is 0. The molecule has 0 radical (unpaired) electrons. The highest BCUT2D eigenvalue weighted by molar-refractivity contribution is 5.81. The minimum Gasteiger partial charge on any atom is -0.339 e. The fourth-order valence-corrected chi connectivity index (χ4v) is 1.94. The smallest absolute Gasteiger partial charge is 0.228 e. The number of likely N-dealkylation sites (tertiary alicyclic amines) is 1. The second kappa shape index (κ2) is 3.89. The van der Waals surface area contributed by atoms with E-state index in [-0.39, 0.29) is 17.4 Å². The number of rotatable bonds is 0. The van der Waals surface area contributed by atoms with Gasteiger partial charge in [0, 0.05) is 24.0 Å². The highest BCUT2D eigenvalue weighted by atomic mass is 16.2. The molecule has 2 unspecified atom stereocenters. The number of hydrogen-bond acceptors (Lipinski definition) is 2. The first-order chi connectivity index (χ1) is 6.32. The lowest BCUT2D eigenvalue weighted by Gasteiger charge is -2.39. The Labute approximate surface area is 86.6 Å². The molecule has 0 aromatic rings. The lowest BCUT2D eigenvalue weighted by Crippen LogP contribution is -2.51. The summed E-state index contributed by atoms with van der Waals surface area (Å²) in [5.41, 5.74) is 5.59. The summed E-state index contributed by atoms with van der Waals surface area (Å²) < 4.78 is 0. The Bertz CT molecular complexity index is 220. The number of carbonyl (C=O) groups is 1. The molecule has 1 aliphatic heterocycles. The van der Waals surface area contributed by atoms with Crippen LogP contribution in [0.2, 0.25) is 0 Å². The van der Waals surface area contributed by atoms with Crippen LogP contribution in [0.1, 0.15) is 40.5 Å². The average molecular weight is 198 g/mol. The molecule has 0 aromatic heterocycles. The number of piperidine rings is 1. The average Bonchev–Trinajstić information content (AvgIpc) is 2.01. The van der Waals surface area contributed by atoms with Crippen molar-refractivity contribution < 1.29 is 4.79 Å². The van der Waals surface area contributed by atoms with E-state index in [1.807, 2.05) is 25.7 Å². The minimum atomic E-state index is -0.268. The Kier molecular flexibility index (Phi) is 3.20. The van der Waals surface area contributed by atoms with Crippen molar-refractivity contribution in [1.82, 2.24) is 4.90 Å². The standard InChI is InChI=1S/C11H22N2O/c1-8-7-9(12)5-6-13(8)10(14)11(2,3)4/h8-9H,5-7,12H2,1-4H3. The van der Waals surface area contributed by atoms with Gasteiger partial charge in [-0.15, -0.1) is 0 Å². The van der Waals surface area contributed by atoms with Gasteiger partial charge >= 0.3 is 0 Å². The molecule has 0 saturated carbocycles. The van der Waals surface area contributed by atoms with Crippen molar-refractivity contribution in [2.45, 2.75) is 52.6 Å². The van der Waals surface area contributed by atoms with Crippen molar-refractivity contribution in [3.63, 3.8) is 0 Å². The fourth-order valence-electron chi connectivity index (χ4n) is 1.94. The van der Waals surface area contributed by atoms with Crippen LogP contribution in [0.25, 0.3) is 0 Å². The summed E-state index contributed by atoms with van der Waals surface area (Å²) in [6.07, 6.45) is 1.87. The van der Waals surface area contributed by atoms with Crippen LogP contribution in [-0.4, -0.2) is 29.4 Å². The zero-order chi connectivity index (χ0) is 10.9. The van der Waals surface area contributed by atoms with Gasteiger partial charge in [0.2, 0.25) is 5.91 Å². The summed E-state index contributed by atoms with van der Waals surface area (Å²) in [6, 6.07) is 0.569. The molecule has 0 spiro atoms. The van der Waals surface area contributed by atoms with Crippen molar-refractivity contribution in [3.8, 4) is 0 Å². The predicted octanol–water partition coefficient (Wildman–Crippen LogP) is 1.37. The lowest BCUT2D eigenvalue weighted by atomic mass is 9.91. The molecule has 1 amide bonds. The van der Waals surface area contributed by atoms with Gasteiger partial charge in [-0.3, -0.25) is 4.79 Å². The van der Waals surface area contributed by atoms with E-state index in [1.165, 1.54) is 0 Å². The largest absolute Gasteiger partial charge is 0.339 e. The minimum absolute atomic E-state index is 0.247. The molecule has 1 rings (SSSR count). The van der Waals surface area contributed by atoms with E-state index in [1.54, 1.807) is 0 Å². The molecule has 1 fully saturated rings. The van der Waals surface area contributed by atoms with Gasteiger partial charge in [-0.1, -0.05) is 20.8 Å². The van der Waals surface area contributed by atoms with Gasteiger partial charge < -0.3 is 10.6 Å². The topological polar surface area (TPSA) is 46.3 Å². The maximum absolute atomic E-state index is 12.0. The van der Waals surface area contributed by atoms with Gasteiger partial charge in [0.05, 0.1) is 0 Å². The van der Waals surface area contributed by atoms with Gasteiger partial charge in [0.1, 0.15) is 0 Å². The zero-order valence-electron chi connectivity index (χ0n) is 9.71. The van der Waals surface area contributed by atoms with Crippen molar-refractivity contribution in [2.24, 2.45) is 11.1 Å². The van der Waals surface area contributed by atoms with Gasteiger partial charge in [-0.05, 0) is 19.8 Å². The predicted molar refractivity (Wildman–Crippen MR) is 57.8 cm³/mol. The van der Waals surface area contributed by atoms with Gasteiger partial charge in [-0.2, -0.15) is 0 Å². The van der Waals surface area contributed by atoms with E-state index < -0.39 is 0 Å². The van der Waals surface area contributed by atoms with Crippen LogP contribution in [0.15, 0.2) is 0 Å². The molecule has 1 saturated heterocycles. The van der Waals surface area contributed by atoms with Crippen molar-refractivity contribution in [2.75, 3.05) is 6.54 Å². The third kappa shape index (κ3) is 2.47. The van der Waals surface area contributed by atoms with Crippen molar-refractivity contribution >= 4 is 5.91 Å². The Morgan fingerprint density at radius 3 is 2.43 bits per heavy atom. The number of carbonyl (C=O) groups excluding carboxylic acids is 1. The van der Waals surface area contributed by atoms with Crippen LogP contribution in [0, 0.1) is 5.41 Å². The normalized spacial score (nSPS) is 29.1. The highest BCUT2D eigenvalue weighted by Gasteiger charge is 2.33. The molecule has 1 heterocycles. The summed E-state index contributed by atoms with van der Waals surface area (Å²) in [5, 5.41) is 0. The molecular formula is C11H22N2O. The number of hydrogen-bond donors (Lipinski definition) is 1. The van der Waals surface area contributed by atoms with Crippen molar-refractivity contribution in [3.05, 3.63) is 0 Å².